The number of benzene rings is 1. The summed E-state index contributed by atoms with van der Waals surface area (Å²) in [6.07, 6.45) is 5.28. The number of aliphatic hydroxyl groups excluding tert-OH is 1. The lowest BCUT2D eigenvalue weighted by Gasteiger charge is -2.34. The third-order valence-corrected chi connectivity index (χ3v) is 5.34. The first-order valence-corrected chi connectivity index (χ1v) is 9.04. The van der Waals surface area contributed by atoms with Gasteiger partial charge in [0.25, 0.3) is 0 Å². The average Bonchev–Trinajstić information content (AvgIpc) is 2.52. The Morgan fingerprint density at radius 3 is 2.67 bits per heavy atom. The van der Waals surface area contributed by atoms with Crippen molar-refractivity contribution in [1.82, 2.24) is 5.32 Å². The normalized spacial score (nSPS) is 20.5. The highest BCUT2D eigenvalue weighted by atomic mass is 19.1. The van der Waals surface area contributed by atoms with Crippen LogP contribution < -0.4 is 10.2 Å². The molecule has 0 spiro atoms. The van der Waals surface area contributed by atoms with Crippen molar-refractivity contribution in [3.63, 3.8) is 0 Å². The number of nitrogens with zero attached hydrogens (tertiary/aromatic N) is 1. The number of piperidine rings is 1. The molecule has 0 unspecified atom stereocenters. The van der Waals surface area contributed by atoms with Crippen molar-refractivity contribution >= 4 is 11.6 Å². The summed E-state index contributed by atoms with van der Waals surface area (Å²) in [4.78, 5) is 14.4. The van der Waals surface area contributed by atoms with E-state index in [2.05, 4.69) is 10.2 Å². The molecule has 1 aromatic carbocycles. The molecule has 2 aliphatic rings. The molecule has 132 valence electrons. The van der Waals surface area contributed by atoms with Crippen molar-refractivity contribution in [1.29, 1.82) is 0 Å². The zero-order valence-corrected chi connectivity index (χ0v) is 14.3. The van der Waals surface area contributed by atoms with Crippen LogP contribution in [0.25, 0.3) is 0 Å². The predicted molar refractivity (Wildman–Crippen MR) is 92.4 cm³/mol. The topological polar surface area (TPSA) is 52.6 Å². The van der Waals surface area contributed by atoms with Gasteiger partial charge in [-0.05, 0) is 56.7 Å². The van der Waals surface area contributed by atoms with Crippen LogP contribution in [0.3, 0.4) is 0 Å². The summed E-state index contributed by atoms with van der Waals surface area (Å²) in [5, 5.41) is 12.7. The Kier molecular flexibility index (Phi) is 5.39. The molecule has 4 nitrogen and oxygen atoms in total. The maximum atomic E-state index is 13.8. The van der Waals surface area contributed by atoms with E-state index in [4.69, 9.17) is 0 Å². The number of rotatable bonds is 5. The summed E-state index contributed by atoms with van der Waals surface area (Å²) < 4.78 is 13.8. The fourth-order valence-corrected chi connectivity index (χ4v) is 3.60. The molecule has 1 saturated heterocycles. The number of aliphatic hydroxyl groups is 1. The summed E-state index contributed by atoms with van der Waals surface area (Å²) >= 11 is 0. The van der Waals surface area contributed by atoms with Crippen molar-refractivity contribution in [2.45, 2.75) is 57.6 Å². The number of hydrogen-bond donors (Lipinski definition) is 2. The maximum absolute atomic E-state index is 13.8. The van der Waals surface area contributed by atoms with E-state index >= 15 is 0 Å². The molecule has 5 heteroatoms. The Labute approximate surface area is 143 Å². The van der Waals surface area contributed by atoms with Crippen LogP contribution in [0.2, 0.25) is 0 Å². The van der Waals surface area contributed by atoms with E-state index in [1.54, 1.807) is 6.07 Å². The van der Waals surface area contributed by atoms with Crippen molar-refractivity contribution in [2.24, 2.45) is 5.92 Å². The van der Waals surface area contributed by atoms with Crippen LogP contribution in [0.15, 0.2) is 18.2 Å². The van der Waals surface area contributed by atoms with Crippen LogP contribution in [0.4, 0.5) is 10.1 Å². The molecule has 24 heavy (non-hydrogen) atoms. The van der Waals surface area contributed by atoms with Crippen LogP contribution in [0, 0.1) is 11.7 Å². The second kappa shape index (κ2) is 7.51. The van der Waals surface area contributed by atoms with Gasteiger partial charge in [-0.15, -0.1) is 0 Å². The fourth-order valence-electron chi connectivity index (χ4n) is 3.60. The first kappa shape index (κ1) is 17.2. The van der Waals surface area contributed by atoms with Gasteiger partial charge in [0.2, 0.25) is 5.91 Å². The number of nitrogens with one attached hydrogen (secondary N) is 1. The highest BCUT2D eigenvalue weighted by Gasteiger charge is 2.24. The first-order valence-electron chi connectivity index (χ1n) is 9.04. The van der Waals surface area contributed by atoms with Gasteiger partial charge in [-0.3, -0.25) is 4.79 Å². The first-order chi connectivity index (χ1) is 11.5. The number of halogens is 1. The minimum absolute atomic E-state index is 0.0523. The van der Waals surface area contributed by atoms with Crippen molar-refractivity contribution in [3.05, 3.63) is 29.6 Å². The van der Waals surface area contributed by atoms with Crippen LogP contribution in [0.5, 0.6) is 0 Å². The summed E-state index contributed by atoms with van der Waals surface area (Å²) in [7, 11) is 0. The van der Waals surface area contributed by atoms with Crippen molar-refractivity contribution < 1.29 is 14.3 Å². The molecule has 1 aliphatic carbocycles. The zero-order valence-electron chi connectivity index (χ0n) is 14.3. The Hall–Kier alpha value is -1.62. The average molecular weight is 334 g/mol. The minimum atomic E-state index is -0.286. The molecule has 1 heterocycles. The smallest absolute Gasteiger partial charge is 0.220 e. The summed E-state index contributed by atoms with van der Waals surface area (Å²) in [5.41, 5.74) is 1.77. The molecule has 0 radical (unpaired) electrons. The second-order valence-corrected chi connectivity index (χ2v) is 7.21. The van der Waals surface area contributed by atoms with Gasteiger partial charge in [-0.2, -0.15) is 0 Å². The van der Waals surface area contributed by atoms with Crippen LogP contribution in [-0.4, -0.2) is 30.2 Å². The van der Waals surface area contributed by atoms with E-state index in [-0.39, 0.29) is 23.9 Å². The fraction of sp³-hybridized carbons (Fsp3) is 0.632. The highest BCUT2D eigenvalue weighted by molar-refractivity contribution is 5.77. The van der Waals surface area contributed by atoms with E-state index in [0.29, 0.717) is 12.3 Å². The number of carbonyl (C=O) groups is 1. The predicted octanol–water partition coefficient (Wildman–Crippen LogP) is 3.15. The zero-order chi connectivity index (χ0) is 17.1. The van der Waals surface area contributed by atoms with Crippen LogP contribution >= 0.6 is 0 Å². The maximum Gasteiger partial charge on any atom is 0.220 e. The van der Waals surface area contributed by atoms with E-state index in [1.165, 1.54) is 18.6 Å². The third-order valence-electron chi connectivity index (χ3n) is 5.34. The van der Waals surface area contributed by atoms with Gasteiger partial charge in [-0.25, -0.2) is 4.39 Å². The van der Waals surface area contributed by atoms with Gasteiger partial charge in [0.05, 0.1) is 12.1 Å². The van der Waals surface area contributed by atoms with Gasteiger partial charge >= 0.3 is 0 Å². The standard InChI is InChI=1S/C19H27FN2O2/c1-13(21-19(24)11-14-3-2-4-14)17-12-15(20)5-6-18(17)22-9-7-16(23)8-10-22/h5-6,12-14,16,23H,2-4,7-11H2,1H3,(H,21,24)/t13-/m0/s1. The quantitative estimate of drug-likeness (QED) is 0.870. The number of carbonyl (C=O) groups excluding carboxylic acids is 1. The van der Waals surface area contributed by atoms with E-state index < -0.39 is 0 Å². The largest absolute Gasteiger partial charge is 0.393 e. The molecule has 1 aromatic rings. The van der Waals surface area contributed by atoms with E-state index in [9.17, 15) is 14.3 Å². The van der Waals surface area contributed by atoms with Crippen molar-refractivity contribution in [3.8, 4) is 0 Å². The molecule has 0 aromatic heterocycles. The second-order valence-electron chi connectivity index (χ2n) is 7.21. The molecule has 3 rings (SSSR count). The van der Waals surface area contributed by atoms with Gasteiger partial charge in [0.1, 0.15) is 5.82 Å². The number of anilines is 1. The highest BCUT2D eigenvalue weighted by Crippen LogP contribution is 2.31. The van der Waals surface area contributed by atoms with Gasteiger partial charge in [-0.1, -0.05) is 6.42 Å². The van der Waals surface area contributed by atoms with Crippen LogP contribution in [-0.2, 0) is 4.79 Å². The Balaban J connectivity index is 1.70. The molecular weight excluding hydrogens is 307 g/mol. The van der Waals surface area contributed by atoms with Crippen molar-refractivity contribution in [2.75, 3.05) is 18.0 Å². The van der Waals surface area contributed by atoms with E-state index in [0.717, 1.165) is 50.0 Å². The van der Waals surface area contributed by atoms with Gasteiger partial charge in [0.15, 0.2) is 0 Å². The molecule has 1 atom stereocenters. The molecule has 0 bridgehead atoms. The van der Waals surface area contributed by atoms with Gasteiger partial charge < -0.3 is 15.3 Å². The van der Waals surface area contributed by atoms with E-state index in [1.807, 2.05) is 6.92 Å². The molecule has 2 N–H and O–H groups in total. The lowest BCUT2D eigenvalue weighted by Crippen LogP contribution is -2.37. The number of hydrogen-bond acceptors (Lipinski definition) is 3. The molecule has 2 fully saturated rings. The van der Waals surface area contributed by atoms with Gasteiger partial charge in [0, 0.05) is 30.8 Å². The summed E-state index contributed by atoms with van der Waals surface area (Å²) in [6, 6.07) is 4.55. The molecule has 1 saturated carbocycles. The molecule has 1 aliphatic heterocycles. The lowest BCUT2D eigenvalue weighted by atomic mass is 9.83. The number of amides is 1. The lowest BCUT2D eigenvalue weighted by molar-refractivity contribution is -0.123. The Bertz CT molecular complexity index is 581. The Morgan fingerprint density at radius 1 is 1.33 bits per heavy atom. The molecular formula is C19H27FN2O2. The minimum Gasteiger partial charge on any atom is -0.393 e. The summed E-state index contributed by atoms with van der Waals surface area (Å²) in [6.45, 7) is 3.42. The Morgan fingerprint density at radius 2 is 2.04 bits per heavy atom. The monoisotopic (exact) mass is 334 g/mol. The molecule has 1 amide bonds. The van der Waals surface area contributed by atoms with Crippen LogP contribution in [0.1, 0.15) is 57.1 Å². The third kappa shape index (κ3) is 4.07. The SMILES string of the molecule is C[C@H](NC(=O)CC1CCC1)c1cc(F)ccc1N1CCC(O)CC1. The summed E-state index contributed by atoms with van der Waals surface area (Å²) in [5.74, 6) is 0.287.